The van der Waals surface area contributed by atoms with Gasteiger partial charge in [-0.05, 0) is 69.1 Å². The molecule has 0 radical (unpaired) electrons. The standard InChI is InChI=1S/C30H41NO6/c1-21(2)18-26(27(32)33)25(28(34)37-30(3,4)5)17-11-16-23-14-9-10-15-24(23)19-31-29(35)36-20-22-12-7-6-8-13-22/h6-10,12-15,21,25-26H,11,16-20H2,1-5H3,(H,31,35)(H,32,33). The summed E-state index contributed by atoms with van der Waals surface area (Å²) in [7, 11) is 0. The highest BCUT2D eigenvalue weighted by atomic mass is 16.6. The van der Waals surface area contributed by atoms with E-state index in [4.69, 9.17) is 9.47 Å². The van der Waals surface area contributed by atoms with Crippen LogP contribution in [0.1, 0.15) is 70.6 Å². The Balaban J connectivity index is 2.00. The van der Waals surface area contributed by atoms with Crippen molar-refractivity contribution in [3.63, 3.8) is 0 Å². The number of esters is 1. The smallest absolute Gasteiger partial charge is 0.407 e. The number of nitrogens with one attached hydrogen (secondary N) is 1. The van der Waals surface area contributed by atoms with E-state index in [9.17, 15) is 19.5 Å². The van der Waals surface area contributed by atoms with Crippen LogP contribution in [0.25, 0.3) is 0 Å². The number of ether oxygens (including phenoxy) is 2. The highest BCUT2D eigenvalue weighted by molar-refractivity contribution is 5.81. The molecule has 1 amide bonds. The molecule has 2 rings (SSSR count). The summed E-state index contributed by atoms with van der Waals surface area (Å²) < 4.78 is 10.9. The van der Waals surface area contributed by atoms with Crippen molar-refractivity contribution in [1.82, 2.24) is 5.32 Å². The first-order valence-electron chi connectivity index (χ1n) is 12.9. The number of rotatable bonds is 13. The number of alkyl carbamates (subject to hydrolysis) is 1. The number of aryl methyl sites for hydroxylation is 1. The molecule has 2 atom stereocenters. The van der Waals surface area contributed by atoms with Crippen LogP contribution in [0.5, 0.6) is 0 Å². The van der Waals surface area contributed by atoms with Crippen LogP contribution >= 0.6 is 0 Å². The van der Waals surface area contributed by atoms with Crippen molar-refractivity contribution in [2.75, 3.05) is 0 Å². The molecule has 2 aromatic carbocycles. The SMILES string of the molecule is CC(C)CC(C(=O)O)C(CCCc1ccccc1CNC(=O)OCc1ccccc1)C(=O)OC(C)(C)C. The van der Waals surface area contributed by atoms with E-state index in [0.29, 0.717) is 32.2 Å². The van der Waals surface area contributed by atoms with Gasteiger partial charge in [0.15, 0.2) is 0 Å². The lowest BCUT2D eigenvalue weighted by molar-refractivity contribution is -0.167. The van der Waals surface area contributed by atoms with Gasteiger partial charge in [0.1, 0.15) is 12.2 Å². The second-order valence-electron chi connectivity index (χ2n) is 10.8. The number of carboxylic acids is 1. The summed E-state index contributed by atoms with van der Waals surface area (Å²) in [6.07, 6.45) is 1.57. The Labute approximate surface area is 220 Å². The third-order valence-electron chi connectivity index (χ3n) is 5.95. The number of benzene rings is 2. The maximum Gasteiger partial charge on any atom is 0.407 e. The lowest BCUT2D eigenvalue weighted by atomic mass is 9.82. The molecule has 2 unspecified atom stereocenters. The minimum atomic E-state index is -0.969. The summed E-state index contributed by atoms with van der Waals surface area (Å²) >= 11 is 0. The molecule has 7 nitrogen and oxygen atoms in total. The summed E-state index contributed by atoms with van der Waals surface area (Å²) in [6.45, 7) is 9.77. The van der Waals surface area contributed by atoms with E-state index in [1.165, 1.54) is 0 Å². The highest BCUT2D eigenvalue weighted by Crippen LogP contribution is 2.29. The van der Waals surface area contributed by atoms with Crippen molar-refractivity contribution in [3.8, 4) is 0 Å². The first-order chi connectivity index (χ1) is 17.5. The van der Waals surface area contributed by atoms with E-state index in [0.717, 1.165) is 16.7 Å². The molecule has 202 valence electrons. The van der Waals surface area contributed by atoms with Gasteiger partial charge in [0, 0.05) is 6.54 Å². The van der Waals surface area contributed by atoms with E-state index in [1.54, 1.807) is 20.8 Å². The quantitative estimate of drug-likeness (QED) is 0.313. The summed E-state index contributed by atoms with van der Waals surface area (Å²) in [4.78, 5) is 37.2. The molecular formula is C30H41NO6. The Kier molecular flexibility index (Phi) is 11.6. The fourth-order valence-corrected chi connectivity index (χ4v) is 4.23. The van der Waals surface area contributed by atoms with Gasteiger partial charge < -0.3 is 19.9 Å². The summed E-state index contributed by atoms with van der Waals surface area (Å²) in [5.74, 6) is -2.82. The number of carbonyl (C=O) groups is 3. The van der Waals surface area contributed by atoms with Crippen molar-refractivity contribution >= 4 is 18.0 Å². The molecular weight excluding hydrogens is 470 g/mol. The zero-order valence-corrected chi connectivity index (χ0v) is 22.7. The average molecular weight is 512 g/mol. The van der Waals surface area contributed by atoms with Gasteiger partial charge in [0.2, 0.25) is 0 Å². The molecule has 37 heavy (non-hydrogen) atoms. The predicted octanol–water partition coefficient (Wildman–Crippen LogP) is 6.14. The van der Waals surface area contributed by atoms with Crippen LogP contribution < -0.4 is 5.32 Å². The molecule has 0 aliphatic rings. The van der Waals surface area contributed by atoms with Crippen LogP contribution in [-0.4, -0.2) is 28.7 Å². The lowest BCUT2D eigenvalue weighted by Crippen LogP contribution is -2.36. The number of carboxylic acid groups (broad SMARTS) is 1. The second-order valence-corrected chi connectivity index (χ2v) is 10.8. The Morgan fingerprint density at radius 2 is 1.54 bits per heavy atom. The van der Waals surface area contributed by atoms with E-state index >= 15 is 0 Å². The molecule has 0 saturated carbocycles. The zero-order chi connectivity index (χ0) is 27.4. The van der Waals surface area contributed by atoms with Crippen molar-refractivity contribution < 1.29 is 29.0 Å². The Morgan fingerprint density at radius 3 is 2.14 bits per heavy atom. The average Bonchev–Trinajstić information content (AvgIpc) is 2.82. The van der Waals surface area contributed by atoms with Gasteiger partial charge in [-0.25, -0.2) is 4.79 Å². The molecule has 0 heterocycles. The summed E-state index contributed by atoms with van der Waals surface area (Å²) in [5, 5.41) is 12.7. The normalized spacial score (nSPS) is 13.0. The van der Waals surface area contributed by atoms with E-state index in [1.807, 2.05) is 68.4 Å². The number of aliphatic carboxylic acids is 1. The van der Waals surface area contributed by atoms with Gasteiger partial charge in [-0.15, -0.1) is 0 Å². The van der Waals surface area contributed by atoms with E-state index in [2.05, 4.69) is 5.32 Å². The topological polar surface area (TPSA) is 102 Å². The third kappa shape index (κ3) is 11.1. The van der Waals surface area contributed by atoms with Crippen molar-refractivity contribution in [2.45, 2.75) is 79.1 Å². The first-order valence-corrected chi connectivity index (χ1v) is 12.9. The van der Waals surface area contributed by atoms with Gasteiger partial charge >= 0.3 is 18.0 Å². The molecule has 0 aromatic heterocycles. The number of carbonyl (C=O) groups excluding carboxylic acids is 2. The predicted molar refractivity (Wildman–Crippen MR) is 143 cm³/mol. The van der Waals surface area contributed by atoms with Crippen molar-refractivity contribution in [2.24, 2.45) is 17.8 Å². The summed E-state index contributed by atoms with van der Waals surface area (Å²) in [6, 6.07) is 17.2. The molecule has 0 spiro atoms. The van der Waals surface area contributed by atoms with Crippen molar-refractivity contribution in [3.05, 3.63) is 71.3 Å². The maximum atomic E-state index is 13.0. The van der Waals surface area contributed by atoms with Crippen molar-refractivity contribution in [1.29, 1.82) is 0 Å². The largest absolute Gasteiger partial charge is 0.481 e. The Morgan fingerprint density at radius 1 is 0.919 bits per heavy atom. The number of amides is 1. The van der Waals surface area contributed by atoms with Gasteiger partial charge in [0.05, 0.1) is 11.8 Å². The molecule has 7 heteroatoms. The molecule has 0 fully saturated rings. The lowest BCUT2D eigenvalue weighted by Gasteiger charge is -2.28. The minimum Gasteiger partial charge on any atom is -0.481 e. The number of hydrogen-bond donors (Lipinski definition) is 2. The number of hydrogen-bond acceptors (Lipinski definition) is 5. The van der Waals surface area contributed by atoms with Gasteiger partial charge in [-0.1, -0.05) is 68.4 Å². The Bertz CT molecular complexity index is 1010. The van der Waals surface area contributed by atoms with E-state index < -0.39 is 35.5 Å². The van der Waals surface area contributed by atoms with Gasteiger partial charge in [-0.2, -0.15) is 0 Å². The monoisotopic (exact) mass is 511 g/mol. The van der Waals surface area contributed by atoms with Crippen LogP contribution in [-0.2, 0) is 38.6 Å². The first kappa shape index (κ1) is 29.9. The minimum absolute atomic E-state index is 0.138. The van der Waals surface area contributed by atoms with Crippen LogP contribution in [0.3, 0.4) is 0 Å². The zero-order valence-electron chi connectivity index (χ0n) is 22.7. The van der Waals surface area contributed by atoms with Crippen LogP contribution in [0.2, 0.25) is 0 Å². The van der Waals surface area contributed by atoms with Gasteiger partial charge in [0.25, 0.3) is 0 Å². The fraction of sp³-hybridized carbons (Fsp3) is 0.500. The summed E-state index contributed by atoms with van der Waals surface area (Å²) in [5.41, 5.74) is 2.20. The van der Waals surface area contributed by atoms with Crippen LogP contribution in [0, 0.1) is 17.8 Å². The molecule has 0 aliphatic carbocycles. The van der Waals surface area contributed by atoms with E-state index in [-0.39, 0.29) is 12.5 Å². The second kappa shape index (κ2) is 14.4. The highest BCUT2D eigenvalue weighted by Gasteiger charge is 2.36. The van der Waals surface area contributed by atoms with Crippen LogP contribution in [0.15, 0.2) is 54.6 Å². The third-order valence-corrected chi connectivity index (χ3v) is 5.95. The fourth-order valence-electron chi connectivity index (χ4n) is 4.23. The molecule has 0 saturated heterocycles. The molecule has 0 bridgehead atoms. The molecule has 2 aromatic rings. The maximum absolute atomic E-state index is 13.0. The van der Waals surface area contributed by atoms with Crippen LogP contribution in [0.4, 0.5) is 4.79 Å². The molecule has 2 N–H and O–H groups in total. The Hall–Kier alpha value is -3.35. The molecule has 0 aliphatic heterocycles. The van der Waals surface area contributed by atoms with Gasteiger partial charge in [-0.3, -0.25) is 9.59 Å².